The number of hydrogen-bond acceptors (Lipinski definition) is 4. The van der Waals surface area contributed by atoms with Gasteiger partial charge < -0.3 is 9.15 Å². The molecule has 0 amide bonds. The summed E-state index contributed by atoms with van der Waals surface area (Å²) < 4.78 is 11.1. The van der Waals surface area contributed by atoms with Gasteiger partial charge in [0.2, 0.25) is 5.78 Å². The molecule has 0 N–H and O–H groups in total. The lowest BCUT2D eigenvalue weighted by atomic mass is 10.0. The van der Waals surface area contributed by atoms with Crippen LogP contribution in [0.5, 0.6) is 5.75 Å². The Hall–Kier alpha value is -2.88. The first-order chi connectivity index (χ1) is 12.6. The van der Waals surface area contributed by atoms with E-state index in [2.05, 4.69) is 6.92 Å². The molecule has 3 aromatic rings. The lowest BCUT2D eigenvalue weighted by Gasteiger charge is -2.14. The summed E-state index contributed by atoms with van der Waals surface area (Å²) in [5, 5.41) is 0.910. The lowest BCUT2D eigenvalue weighted by Crippen LogP contribution is -2.23. The number of aryl methyl sites for hydroxylation is 1. The quantitative estimate of drug-likeness (QED) is 0.454. The first-order valence-corrected chi connectivity index (χ1v) is 8.91. The molecule has 0 aliphatic carbocycles. The van der Waals surface area contributed by atoms with E-state index in [0.29, 0.717) is 16.9 Å². The highest BCUT2D eigenvalue weighted by atomic mass is 16.5. The third-order valence-electron chi connectivity index (χ3n) is 4.34. The van der Waals surface area contributed by atoms with Crippen molar-refractivity contribution in [1.29, 1.82) is 0 Å². The number of hydrogen-bond donors (Lipinski definition) is 0. The van der Waals surface area contributed by atoms with E-state index < -0.39 is 6.10 Å². The van der Waals surface area contributed by atoms with E-state index >= 15 is 0 Å². The van der Waals surface area contributed by atoms with Crippen molar-refractivity contribution in [3.63, 3.8) is 0 Å². The minimum absolute atomic E-state index is 0.0937. The van der Waals surface area contributed by atoms with Gasteiger partial charge >= 0.3 is 5.63 Å². The molecular formula is C22H22O4. The highest BCUT2D eigenvalue weighted by Gasteiger charge is 2.17. The summed E-state index contributed by atoms with van der Waals surface area (Å²) in [5.74, 6) is 0.411. The second-order valence-corrected chi connectivity index (χ2v) is 6.34. The number of rotatable bonds is 7. The van der Waals surface area contributed by atoms with E-state index in [1.807, 2.05) is 30.3 Å². The van der Waals surface area contributed by atoms with Gasteiger partial charge in [-0.3, -0.25) is 4.79 Å². The van der Waals surface area contributed by atoms with Crippen LogP contribution in [-0.4, -0.2) is 11.9 Å². The molecule has 2 aromatic carbocycles. The molecule has 3 rings (SSSR count). The Morgan fingerprint density at radius 1 is 1.12 bits per heavy atom. The number of benzene rings is 2. The second kappa shape index (κ2) is 8.00. The van der Waals surface area contributed by atoms with Crippen molar-refractivity contribution in [2.75, 3.05) is 0 Å². The second-order valence-electron chi connectivity index (χ2n) is 6.34. The van der Waals surface area contributed by atoms with Crippen LogP contribution in [0.25, 0.3) is 11.0 Å². The number of ether oxygens (including phenoxy) is 1. The zero-order chi connectivity index (χ0) is 18.5. The molecule has 0 bridgehead atoms. The minimum Gasteiger partial charge on any atom is -0.482 e. The Bertz CT molecular complexity index is 957. The SMILES string of the molecule is CCCCc1cc(=O)oc2cc(OC(C)C(=O)c3ccccc3)ccc12. The molecule has 0 radical (unpaired) electrons. The topological polar surface area (TPSA) is 56.5 Å². The molecule has 1 unspecified atom stereocenters. The molecule has 0 saturated heterocycles. The summed E-state index contributed by atoms with van der Waals surface area (Å²) in [5.41, 5.74) is 1.71. The van der Waals surface area contributed by atoms with Crippen molar-refractivity contribution in [3.05, 3.63) is 76.1 Å². The van der Waals surface area contributed by atoms with E-state index in [1.165, 1.54) is 0 Å². The number of carbonyl (C=O) groups excluding carboxylic acids is 1. The summed E-state index contributed by atoms with van der Waals surface area (Å²) in [6.45, 7) is 3.83. The molecular weight excluding hydrogens is 328 g/mol. The molecule has 0 saturated carbocycles. The Labute approximate surface area is 152 Å². The van der Waals surface area contributed by atoms with Crippen molar-refractivity contribution < 1.29 is 13.9 Å². The van der Waals surface area contributed by atoms with Crippen molar-refractivity contribution in [3.8, 4) is 5.75 Å². The van der Waals surface area contributed by atoms with Crippen molar-refractivity contribution >= 4 is 16.8 Å². The first-order valence-electron chi connectivity index (χ1n) is 8.91. The van der Waals surface area contributed by atoms with Gasteiger partial charge in [-0.1, -0.05) is 43.7 Å². The number of unbranched alkanes of at least 4 members (excludes halogenated alkanes) is 1. The zero-order valence-electron chi connectivity index (χ0n) is 15.0. The molecule has 0 aliphatic rings. The van der Waals surface area contributed by atoms with Crippen LogP contribution in [0.1, 0.15) is 42.6 Å². The van der Waals surface area contributed by atoms with Crippen LogP contribution >= 0.6 is 0 Å². The average Bonchev–Trinajstić information content (AvgIpc) is 2.65. The van der Waals surface area contributed by atoms with Crippen molar-refractivity contribution in [1.82, 2.24) is 0 Å². The Kier molecular flexibility index (Phi) is 5.52. The number of fused-ring (bicyclic) bond motifs is 1. The van der Waals surface area contributed by atoms with Gasteiger partial charge in [-0.15, -0.1) is 0 Å². The molecule has 1 aromatic heterocycles. The molecule has 4 heteroatoms. The van der Waals surface area contributed by atoms with Crippen LogP contribution in [0.4, 0.5) is 0 Å². The lowest BCUT2D eigenvalue weighted by molar-refractivity contribution is 0.0818. The standard InChI is InChI=1S/C22H22O4/c1-3-4-8-17-13-21(23)26-20-14-18(11-12-19(17)20)25-15(2)22(24)16-9-6-5-7-10-16/h5-7,9-15H,3-4,8H2,1-2H3. The third-order valence-corrected chi connectivity index (χ3v) is 4.34. The summed E-state index contributed by atoms with van der Waals surface area (Å²) in [6, 6.07) is 16.0. The number of carbonyl (C=O) groups is 1. The molecule has 1 heterocycles. The van der Waals surface area contributed by atoms with E-state index in [0.717, 1.165) is 30.2 Å². The smallest absolute Gasteiger partial charge is 0.336 e. The molecule has 0 aliphatic heterocycles. The highest BCUT2D eigenvalue weighted by Crippen LogP contribution is 2.25. The summed E-state index contributed by atoms with van der Waals surface area (Å²) >= 11 is 0. The van der Waals surface area contributed by atoms with Crippen LogP contribution in [0, 0.1) is 0 Å². The molecule has 0 fully saturated rings. The van der Waals surface area contributed by atoms with E-state index in [4.69, 9.17) is 9.15 Å². The van der Waals surface area contributed by atoms with Crippen LogP contribution in [0.2, 0.25) is 0 Å². The fourth-order valence-electron chi connectivity index (χ4n) is 2.95. The largest absolute Gasteiger partial charge is 0.482 e. The summed E-state index contributed by atoms with van der Waals surface area (Å²) in [6.07, 6.45) is 2.27. The first kappa shape index (κ1) is 17.9. The number of Topliss-reactive ketones (excluding diaryl/α,β-unsaturated/α-hetero) is 1. The maximum absolute atomic E-state index is 12.4. The van der Waals surface area contributed by atoms with Crippen LogP contribution in [0.3, 0.4) is 0 Å². The van der Waals surface area contributed by atoms with Gasteiger partial charge in [0, 0.05) is 23.1 Å². The van der Waals surface area contributed by atoms with Gasteiger partial charge in [-0.05, 0) is 37.5 Å². The van der Waals surface area contributed by atoms with Gasteiger partial charge in [0.25, 0.3) is 0 Å². The summed E-state index contributed by atoms with van der Waals surface area (Å²) in [4.78, 5) is 24.3. The van der Waals surface area contributed by atoms with Crippen molar-refractivity contribution in [2.45, 2.75) is 39.2 Å². The number of ketones is 1. The van der Waals surface area contributed by atoms with Crippen LogP contribution in [-0.2, 0) is 6.42 Å². The monoisotopic (exact) mass is 350 g/mol. The van der Waals surface area contributed by atoms with E-state index in [1.54, 1.807) is 31.2 Å². The fraction of sp³-hybridized carbons (Fsp3) is 0.273. The predicted octanol–water partition coefficient (Wildman–Crippen LogP) is 4.79. The van der Waals surface area contributed by atoms with Gasteiger partial charge in [-0.2, -0.15) is 0 Å². The van der Waals surface area contributed by atoms with Gasteiger partial charge in [0.15, 0.2) is 6.10 Å². The zero-order valence-corrected chi connectivity index (χ0v) is 15.0. The van der Waals surface area contributed by atoms with E-state index in [-0.39, 0.29) is 11.4 Å². The average molecular weight is 350 g/mol. The molecule has 134 valence electrons. The fourth-order valence-corrected chi connectivity index (χ4v) is 2.95. The Morgan fingerprint density at radius 3 is 2.62 bits per heavy atom. The Morgan fingerprint density at radius 2 is 1.88 bits per heavy atom. The molecule has 0 spiro atoms. The van der Waals surface area contributed by atoms with Gasteiger partial charge in [0.1, 0.15) is 11.3 Å². The molecule has 1 atom stereocenters. The van der Waals surface area contributed by atoms with Crippen LogP contribution in [0.15, 0.2) is 63.8 Å². The normalized spacial score (nSPS) is 12.1. The maximum atomic E-state index is 12.4. The van der Waals surface area contributed by atoms with Gasteiger partial charge in [0.05, 0.1) is 0 Å². The third kappa shape index (κ3) is 4.02. The molecule has 26 heavy (non-hydrogen) atoms. The Balaban J connectivity index is 1.85. The van der Waals surface area contributed by atoms with Crippen molar-refractivity contribution in [2.24, 2.45) is 0 Å². The predicted molar refractivity (Wildman–Crippen MR) is 102 cm³/mol. The maximum Gasteiger partial charge on any atom is 0.336 e. The highest BCUT2D eigenvalue weighted by molar-refractivity contribution is 5.99. The van der Waals surface area contributed by atoms with Crippen LogP contribution < -0.4 is 10.4 Å². The molecule has 4 nitrogen and oxygen atoms in total. The summed E-state index contributed by atoms with van der Waals surface area (Å²) in [7, 11) is 0. The van der Waals surface area contributed by atoms with Gasteiger partial charge in [-0.25, -0.2) is 4.79 Å². The van der Waals surface area contributed by atoms with E-state index in [9.17, 15) is 9.59 Å². The minimum atomic E-state index is -0.634.